The van der Waals surface area contributed by atoms with E-state index in [1.54, 1.807) is 4.90 Å². The smallest absolute Gasteiger partial charge is 0.246 e. The number of para-hydroxylation sites is 2. The molecule has 0 aromatic heterocycles. The summed E-state index contributed by atoms with van der Waals surface area (Å²) in [6.45, 7) is 1.43. The lowest BCUT2D eigenvalue weighted by Gasteiger charge is -2.24. The molecule has 2 amide bonds. The van der Waals surface area contributed by atoms with E-state index in [4.69, 9.17) is 5.73 Å². The number of carbonyl (C=O) groups is 2. The van der Waals surface area contributed by atoms with Crippen LogP contribution in [0.1, 0.15) is 6.42 Å². The molecular weight excluding hydrogens is 327 g/mol. The second-order valence-electron chi connectivity index (χ2n) is 4.79. The normalized spacial score (nSPS) is 13.2. The zero-order valence-electron chi connectivity index (χ0n) is 12.4. The van der Waals surface area contributed by atoms with E-state index in [1.165, 1.54) is 0 Å². The number of hydrogen-bond acceptors (Lipinski definition) is 4. The predicted molar refractivity (Wildman–Crippen MR) is 93.2 cm³/mol. The van der Waals surface area contributed by atoms with Gasteiger partial charge < -0.3 is 20.9 Å². The van der Waals surface area contributed by atoms with E-state index >= 15 is 0 Å². The second kappa shape index (κ2) is 9.50. The number of nitrogens with one attached hydrogen (secondary N) is 1. The highest BCUT2D eigenvalue weighted by atomic mass is 35.5. The molecule has 1 aromatic carbocycles. The fourth-order valence-corrected chi connectivity index (χ4v) is 2.32. The highest BCUT2D eigenvalue weighted by Crippen LogP contribution is 2.31. The molecule has 0 unspecified atom stereocenters. The third-order valence-corrected chi connectivity index (χ3v) is 3.38. The first-order chi connectivity index (χ1) is 9.63. The number of fused-ring (bicyclic) bond motifs is 1. The van der Waals surface area contributed by atoms with Crippen LogP contribution in [0.3, 0.4) is 0 Å². The standard InChI is InChI=1S/C14H20N4O2.2ClH/c1-17-7-4-8-18(12-6-3-2-5-11(12)17)14(20)10-16-13(19)9-15;;/h2-3,5-6H,4,7-10,15H2,1H3,(H,16,19);2*1H. The Bertz CT molecular complexity index is 513. The molecule has 124 valence electrons. The molecule has 0 atom stereocenters. The molecule has 22 heavy (non-hydrogen) atoms. The van der Waals surface area contributed by atoms with Gasteiger partial charge >= 0.3 is 0 Å². The van der Waals surface area contributed by atoms with Crippen LogP contribution in [0, 0.1) is 0 Å². The number of rotatable bonds is 3. The molecular formula is C14H22Cl2N4O2. The van der Waals surface area contributed by atoms with Gasteiger partial charge in [-0.15, -0.1) is 24.8 Å². The van der Waals surface area contributed by atoms with Gasteiger partial charge in [-0.25, -0.2) is 0 Å². The lowest BCUT2D eigenvalue weighted by molar-refractivity contribution is -0.124. The Labute approximate surface area is 142 Å². The molecule has 8 heteroatoms. The molecule has 0 fully saturated rings. The van der Waals surface area contributed by atoms with Crippen molar-refractivity contribution >= 4 is 48.0 Å². The molecule has 6 nitrogen and oxygen atoms in total. The van der Waals surface area contributed by atoms with Gasteiger partial charge in [-0.2, -0.15) is 0 Å². The van der Waals surface area contributed by atoms with Crippen molar-refractivity contribution in [3.8, 4) is 0 Å². The maximum absolute atomic E-state index is 12.3. The van der Waals surface area contributed by atoms with Gasteiger partial charge in [0.2, 0.25) is 11.8 Å². The van der Waals surface area contributed by atoms with E-state index < -0.39 is 0 Å². The zero-order valence-corrected chi connectivity index (χ0v) is 14.1. The van der Waals surface area contributed by atoms with Crippen LogP contribution in [0.4, 0.5) is 11.4 Å². The van der Waals surface area contributed by atoms with E-state index in [2.05, 4.69) is 10.2 Å². The predicted octanol–water partition coefficient (Wildman–Crippen LogP) is 0.778. The Kier molecular flexibility index (Phi) is 8.86. The fraction of sp³-hybridized carbons (Fsp3) is 0.429. The summed E-state index contributed by atoms with van der Waals surface area (Å²) >= 11 is 0. The minimum Gasteiger partial charge on any atom is -0.373 e. The van der Waals surface area contributed by atoms with Crippen LogP contribution in [0.5, 0.6) is 0 Å². The maximum atomic E-state index is 12.3. The first kappa shape index (κ1) is 20.5. The number of anilines is 2. The van der Waals surface area contributed by atoms with Crippen molar-refractivity contribution in [2.45, 2.75) is 6.42 Å². The summed E-state index contributed by atoms with van der Waals surface area (Å²) < 4.78 is 0. The van der Waals surface area contributed by atoms with Gasteiger partial charge in [0.05, 0.1) is 24.5 Å². The summed E-state index contributed by atoms with van der Waals surface area (Å²) in [5.74, 6) is -0.437. The number of benzene rings is 1. The van der Waals surface area contributed by atoms with Gasteiger partial charge in [-0.3, -0.25) is 9.59 Å². The van der Waals surface area contributed by atoms with Crippen molar-refractivity contribution in [3.05, 3.63) is 24.3 Å². The Morgan fingerprint density at radius 1 is 1.18 bits per heavy atom. The molecule has 1 aliphatic rings. The maximum Gasteiger partial charge on any atom is 0.246 e. The molecule has 0 saturated carbocycles. The van der Waals surface area contributed by atoms with Crippen molar-refractivity contribution in [1.29, 1.82) is 0 Å². The van der Waals surface area contributed by atoms with Crippen molar-refractivity contribution in [3.63, 3.8) is 0 Å². The Morgan fingerprint density at radius 3 is 2.45 bits per heavy atom. The quantitative estimate of drug-likeness (QED) is 0.845. The highest BCUT2D eigenvalue weighted by Gasteiger charge is 2.22. The van der Waals surface area contributed by atoms with E-state index in [9.17, 15) is 9.59 Å². The van der Waals surface area contributed by atoms with Crippen molar-refractivity contribution in [2.24, 2.45) is 5.73 Å². The first-order valence-electron chi connectivity index (χ1n) is 6.70. The zero-order chi connectivity index (χ0) is 14.5. The summed E-state index contributed by atoms with van der Waals surface area (Å²) in [4.78, 5) is 27.3. The van der Waals surface area contributed by atoms with Crippen LogP contribution in [-0.2, 0) is 9.59 Å². The molecule has 2 rings (SSSR count). The van der Waals surface area contributed by atoms with Gasteiger partial charge in [0.15, 0.2) is 0 Å². The van der Waals surface area contributed by atoms with Crippen molar-refractivity contribution in [2.75, 3.05) is 43.0 Å². The Hall–Kier alpha value is -1.50. The number of amides is 2. The Morgan fingerprint density at radius 2 is 1.82 bits per heavy atom. The second-order valence-corrected chi connectivity index (χ2v) is 4.79. The lowest BCUT2D eigenvalue weighted by atomic mass is 10.2. The van der Waals surface area contributed by atoms with E-state index in [1.807, 2.05) is 31.3 Å². The number of hydrogen-bond donors (Lipinski definition) is 2. The molecule has 0 radical (unpaired) electrons. The fourth-order valence-electron chi connectivity index (χ4n) is 2.32. The topological polar surface area (TPSA) is 78.7 Å². The summed E-state index contributed by atoms with van der Waals surface area (Å²) in [7, 11) is 2.02. The van der Waals surface area contributed by atoms with Gasteiger partial charge in [-0.1, -0.05) is 12.1 Å². The molecule has 3 N–H and O–H groups in total. The minimum atomic E-state index is -0.321. The van der Waals surface area contributed by atoms with Crippen LogP contribution in [-0.4, -0.2) is 45.0 Å². The summed E-state index contributed by atoms with van der Waals surface area (Å²) in [6, 6.07) is 7.80. The third kappa shape index (κ3) is 4.76. The monoisotopic (exact) mass is 348 g/mol. The highest BCUT2D eigenvalue weighted by molar-refractivity contribution is 5.99. The molecule has 0 bridgehead atoms. The number of nitrogens with zero attached hydrogens (tertiary/aromatic N) is 2. The van der Waals surface area contributed by atoms with Crippen molar-refractivity contribution in [1.82, 2.24) is 5.32 Å². The first-order valence-corrected chi connectivity index (χ1v) is 6.70. The number of carbonyl (C=O) groups excluding carboxylic acids is 2. The molecule has 0 spiro atoms. The van der Waals surface area contributed by atoms with Gasteiger partial charge in [0, 0.05) is 20.1 Å². The molecule has 1 aliphatic heterocycles. The van der Waals surface area contributed by atoms with E-state index in [0.29, 0.717) is 6.54 Å². The van der Waals surface area contributed by atoms with Crippen LogP contribution in [0.15, 0.2) is 24.3 Å². The number of halogens is 2. The van der Waals surface area contributed by atoms with Crippen LogP contribution in [0.25, 0.3) is 0 Å². The van der Waals surface area contributed by atoms with Gasteiger partial charge in [-0.05, 0) is 18.6 Å². The van der Waals surface area contributed by atoms with Gasteiger partial charge in [0.1, 0.15) is 0 Å². The molecule has 0 saturated heterocycles. The average Bonchev–Trinajstić information content (AvgIpc) is 2.64. The van der Waals surface area contributed by atoms with E-state index in [0.717, 1.165) is 24.3 Å². The van der Waals surface area contributed by atoms with Gasteiger partial charge in [0.25, 0.3) is 0 Å². The lowest BCUT2D eigenvalue weighted by Crippen LogP contribution is -2.42. The largest absolute Gasteiger partial charge is 0.373 e. The van der Waals surface area contributed by atoms with Crippen LogP contribution < -0.4 is 20.9 Å². The third-order valence-electron chi connectivity index (χ3n) is 3.38. The minimum absolute atomic E-state index is 0. The molecule has 1 heterocycles. The summed E-state index contributed by atoms with van der Waals surface area (Å²) in [5.41, 5.74) is 7.13. The Balaban J connectivity index is 0.00000220. The van der Waals surface area contributed by atoms with Crippen LogP contribution in [0.2, 0.25) is 0 Å². The van der Waals surface area contributed by atoms with Crippen LogP contribution >= 0.6 is 24.8 Å². The summed E-state index contributed by atoms with van der Waals surface area (Å²) in [6.07, 6.45) is 0.891. The SMILES string of the molecule is CN1CCCN(C(=O)CNC(=O)CN)c2ccccc21.Cl.Cl. The molecule has 0 aliphatic carbocycles. The van der Waals surface area contributed by atoms with E-state index in [-0.39, 0.29) is 49.7 Å². The molecule has 1 aromatic rings. The average molecular weight is 349 g/mol. The summed E-state index contributed by atoms with van der Waals surface area (Å²) in [5, 5.41) is 2.52. The number of nitrogens with two attached hydrogens (primary N) is 1. The van der Waals surface area contributed by atoms with Crippen molar-refractivity contribution < 1.29 is 9.59 Å².